The van der Waals surface area contributed by atoms with Crippen molar-refractivity contribution >= 4 is 15.9 Å². The van der Waals surface area contributed by atoms with E-state index in [0.717, 1.165) is 5.69 Å². The van der Waals surface area contributed by atoms with Crippen LogP contribution in [0.4, 0.5) is 4.39 Å². The van der Waals surface area contributed by atoms with Crippen LogP contribution < -0.4 is 0 Å². The fourth-order valence-electron chi connectivity index (χ4n) is 0.587. The first kappa shape index (κ1) is 6.74. The molecule has 1 aromatic heterocycles. The van der Waals surface area contributed by atoms with Crippen LogP contribution in [0.25, 0.3) is 0 Å². The molecule has 1 heterocycles. The number of imidazole rings is 1. The molecule has 1 aromatic rings. The second-order valence-electron chi connectivity index (χ2n) is 1.73. The SMILES string of the molecule is Cc1[nH]c(Br)nc1CF. The molecule has 0 amide bonds. The Kier molecular flexibility index (Phi) is 1.85. The molecule has 0 aliphatic heterocycles. The summed E-state index contributed by atoms with van der Waals surface area (Å²) in [6.45, 7) is 1.28. The molecule has 2 nitrogen and oxygen atoms in total. The van der Waals surface area contributed by atoms with Crippen molar-refractivity contribution in [3.8, 4) is 0 Å². The van der Waals surface area contributed by atoms with Crippen molar-refractivity contribution in [2.75, 3.05) is 0 Å². The molecule has 0 aromatic carbocycles. The molecule has 1 N–H and O–H groups in total. The van der Waals surface area contributed by atoms with E-state index in [2.05, 4.69) is 25.9 Å². The number of aromatic amines is 1. The number of aryl methyl sites for hydroxylation is 1. The van der Waals surface area contributed by atoms with Crippen molar-refractivity contribution in [3.63, 3.8) is 0 Å². The number of nitrogens with one attached hydrogen (secondary N) is 1. The van der Waals surface area contributed by atoms with E-state index < -0.39 is 6.67 Å². The van der Waals surface area contributed by atoms with E-state index in [1.807, 2.05) is 0 Å². The minimum atomic E-state index is -0.506. The average Bonchev–Trinajstić information content (AvgIpc) is 2.10. The summed E-state index contributed by atoms with van der Waals surface area (Å²) in [6, 6.07) is 0. The number of H-pyrrole nitrogens is 1. The first-order chi connectivity index (χ1) is 4.24. The van der Waals surface area contributed by atoms with Gasteiger partial charge in [-0.2, -0.15) is 0 Å². The highest BCUT2D eigenvalue weighted by atomic mass is 79.9. The van der Waals surface area contributed by atoms with Gasteiger partial charge in [0.15, 0.2) is 4.73 Å². The lowest BCUT2D eigenvalue weighted by atomic mass is 10.4. The highest BCUT2D eigenvalue weighted by Crippen LogP contribution is 2.09. The van der Waals surface area contributed by atoms with E-state index in [1.165, 1.54) is 0 Å². The van der Waals surface area contributed by atoms with Crippen molar-refractivity contribution in [2.45, 2.75) is 13.6 Å². The van der Waals surface area contributed by atoms with E-state index in [4.69, 9.17) is 0 Å². The molecule has 0 saturated heterocycles. The second-order valence-corrected chi connectivity index (χ2v) is 2.48. The molecule has 0 radical (unpaired) electrons. The van der Waals surface area contributed by atoms with Crippen molar-refractivity contribution in [1.29, 1.82) is 0 Å². The maximum absolute atomic E-state index is 11.9. The van der Waals surface area contributed by atoms with Crippen molar-refractivity contribution < 1.29 is 4.39 Å². The summed E-state index contributed by atoms with van der Waals surface area (Å²) in [7, 11) is 0. The van der Waals surface area contributed by atoms with Crippen LogP contribution in [0, 0.1) is 6.92 Å². The monoisotopic (exact) mass is 192 g/mol. The molecule has 0 spiro atoms. The number of halogens is 2. The van der Waals surface area contributed by atoms with Crippen LogP contribution >= 0.6 is 15.9 Å². The van der Waals surface area contributed by atoms with Crippen LogP contribution in [-0.2, 0) is 6.67 Å². The van der Waals surface area contributed by atoms with Gasteiger partial charge in [0.05, 0.1) is 5.69 Å². The Morgan fingerprint density at radius 1 is 1.78 bits per heavy atom. The average molecular weight is 193 g/mol. The van der Waals surface area contributed by atoms with Gasteiger partial charge in [-0.05, 0) is 22.9 Å². The van der Waals surface area contributed by atoms with Gasteiger partial charge >= 0.3 is 0 Å². The van der Waals surface area contributed by atoms with Gasteiger partial charge < -0.3 is 4.98 Å². The minimum absolute atomic E-state index is 0.474. The quantitative estimate of drug-likeness (QED) is 0.725. The van der Waals surface area contributed by atoms with Gasteiger partial charge in [0.25, 0.3) is 0 Å². The lowest BCUT2D eigenvalue weighted by Crippen LogP contribution is -1.80. The number of rotatable bonds is 1. The van der Waals surface area contributed by atoms with E-state index in [1.54, 1.807) is 6.92 Å². The molecular weight excluding hydrogens is 187 g/mol. The van der Waals surface area contributed by atoms with Gasteiger partial charge in [-0.1, -0.05) is 0 Å². The summed E-state index contributed by atoms with van der Waals surface area (Å²) in [5, 5.41) is 0. The van der Waals surface area contributed by atoms with Gasteiger partial charge in [0, 0.05) is 5.69 Å². The second kappa shape index (κ2) is 2.47. The summed E-state index contributed by atoms with van der Waals surface area (Å²) in [5.74, 6) is 0. The summed E-state index contributed by atoms with van der Waals surface area (Å²) >= 11 is 3.09. The first-order valence-corrected chi connectivity index (χ1v) is 3.30. The van der Waals surface area contributed by atoms with Crippen molar-refractivity contribution in [1.82, 2.24) is 9.97 Å². The van der Waals surface area contributed by atoms with Gasteiger partial charge in [-0.25, -0.2) is 9.37 Å². The maximum Gasteiger partial charge on any atom is 0.174 e. The Labute approximate surface area is 60.6 Å². The van der Waals surface area contributed by atoms with Crippen molar-refractivity contribution in [2.24, 2.45) is 0 Å². The molecule has 0 aliphatic carbocycles. The number of hydrogen-bond acceptors (Lipinski definition) is 1. The smallest absolute Gasteiger partial charge is 0.174 e. The number of aromatic nitrogens is 2. The van der Waals surface area contributed by atoms with Crippen LogP contribution in [0.1, 0.15) is 11.4 Å². The highest BCUT2D eigenvalue weighted by molar-refractivity contribution is 9.10. The van der Waals surface area contributed by atoms with Crippen LogP contribution in [0.3, 0.4) is 0 Å². The summed E-state index contributed by atoms with van der Waals surface area (Å²) < 4.78 is 12.5. The molecule has 0 unspecified atom stereocenters. The predicted molar refractivity (Wildman–Crippen MR) is 35.8 cm³/mol. The fraction of sp³-hybridized carbons (Fsp3) is 0.400. The molecule has 0 fully saturated rings. The number of hydrogen-bond donors (Lipinski definition) is 1. The van der Waals surface area contributed by atoms with Crippen LogP contribution in [0.5, 0.6) is 0 Å². The zero-order valence-electron chi connectivity index (χ0n) is 4.91. The number of alkyl halides is 1. The highest BCUT2D eigenvalue weighted by Gasteiger charge is 2.01. The lowest BCUT2D eigenvalue weighted by molar-refractivity contribution is 0.475. The Balaban J connectivity index is 3.01. The zero-order chi connectivity index (χ0) is 6.85. The van der Waals surface area contributed by atoms with E-state index >= 15 is 0 Å². The predicted octanol–water partition coefficient (Wildman–Crippen LogP) is 1.95. The molecule has 9 heavy (non-hydrogen) atoms. The zero-order valence-corrected chi connectivity index (χ0v) is 6.50. The third-order valence-electron chi connectivity index (χ3n) is 1.08. The third kappa shape index (κ3) is 1.30. The van der Waals surface area contributed by atoms with Gasteiger partial charge in [-0.15, -0.1) is 0 Å². The van der Waals surface area contributed by atoms with Crippen molar-refractivity contribution in [3.05, 3.63) is 16.1 Å². The van der Waals surface area contributed by atoms with Crippen LogP contribution in [0.2, 0.25) is 0 Å². The maximum atomic E-state index is 11.9. The van der Waals surface area contributed by atoms with E-state index in [-0.39, 0.29) is 0 Å². The summed E-state index contributed by atoms with van der Waals surface area (Å²) in [5.41, 5.74) is 1.26. The normalized spacial score (nSPS) is 10.1. The Morgan fingerprint density at radius 3 is 2.67 bits per heavy atom. The molecule has 4 heteroatoms. The molecular formula is C5H6BrFN2. The van der Waals surface area contributed by atoms with E-state index in [9.17, 15) is 4.39 Å². The first-order valence-electron chi connectivity index (χ1n) is 2.51. The Bertz CT molecular complexity index is 209. The summed E-state index contributed by atoms with van der Waals surface area (Å²) in [4.78, 5) is 6.64. The molecule has 50 valence electrons. The topological polar surface area (TPSA) is 28.7 Å². The largest absolute Gasteiger partial charge is 0.336 e. The molecule has 0 aliphatic rings. The standard InChI is InChI=1S/C5H6BrFN2/c1-3-4(2-7)9-5(6)8-3/h2H2,1H3,(H,8,9). The minimum Gasteiger partial charge on any atom is -0.336 e. The molecule has 0 bridgehead atoms. The molecule has 0 saturated carbocycles. The molecule has 0 atom stereocenters. The Morgan fingerprint density at radius 2 is 2.44 bits per heavy atom. The number of nitrogens with zero attached hydrogens (tertiary/aromatic N) is 1. The molecule has 1 rings (SSSR count). The third-order valence-corrected chi connectivity index (χ3v) is 1.46. The van der Waals surface area contributed by atoms with Crippen LogP contribution in [-0.4, -0.2) is 9.97 Å². The van der Waals surface area contributed by atoms with E-state index in [0.29, 0.717) is 10.4 Å². The van der Waals surface area contributed by atoms with Gasteiger partial charge in [0.2, 0.25) is 0 Å². The van der Waals surface area contributed by atoms with Crippen LogP contribution in [0.15, 0.2) is 4.73 Å². The lowest BCUT2D eigenvalue weighted by Gasteiger charge is -1.83. The fourth-order valence-corrected chi connectivity index (χ4v) is 1.10. The Hall–Kier alpha value is -0.380. The summed E-state index contributed by atoms with van der Waals surface area (Å²) in [6.07, 6.45) is 0. The van der Waals surface area contributed by atoms with Gasteiger partial charge in [0.1, 0.15) is 6.67 Å². The van der Waals surface area contributed by atoms with Gasteiger partial charge in [-0.3, -0.25) is 0 Å².